The Balaban J connectivity index is 2.73. The van der Waals surface area contributed by atoms with E-state index in [9.17, 15) is 13.6 Å². The first-order valence-corrected chi connectivity index (χ1v) is 5.43. The molecule has 2 rings (SSSR count). The Morgan fingerprint density at radius 1 is 1.35 bits per heavy atom. The number of methoxy groups -OCH3 is 1. The van der Waals surface area contributed by atoms with Gasteiger partial charge in [-0.3, -0.25) is 0 Å². The first-order chi connectivity index (χ1) is 9.47. The standard InChI is InChI=1S/C13H9F2N3O2/c1-20-13(19)12-11(17)7(5-16)6-18(12)10-3-8(14)2-9(15)4-10/h2-4,6H,17H2,1H3. The molecule has 0 amide bonds. The fraction of sp³-hybridized carbons (Fsp3) is 0.0769. The summed E-state index contributed by atoms with van der Waals surface area (Å²) in [7, 11) is 1.14. The molecule has 0 fully saturated rings. The van der Waals surface area contributed by atoms with E-state index in [0.29, 0.717) is 6.07 Å². The molecule has 1 heterocycles. The van der Waals surface area contributed by atoms with Crippen LogP contribution in [-0.4, -0.2) is 17.6 Å². The van der Waals surface area contributed by atoms with Gasteiger partial charge in [-0.15, -0.1) is 0 Å². The molecule has 0 aliphatic carbocycles. The summed E-state index contributed by atoms with van der Waals surface area (Å²) < 4.78 is 32.2. The van der Waals surface area contributed by atoms with Crippen LogP contribution in [0.15, 0.2) is 24.4 Å². The van der Waals surface area contributed by atoms with Gasteiger partial charge in [0.25, 0.3) is 0 Å². The lowest BCUT2D eigenvalue weighted by Crippen LogP contribution is -2.11. The zero-order chi connectivity index (χ0) is 14.9. The van der Waals surface area contributed by atoms with Crippen LogP contribution in [-0.2, 0) is 4.74 Å². The van der Waals surface area contributed by atoms with Crippen LogP contribution in [0.5, 0.6) is 0 Å². The second-order valence-corrected chi connectivity index (χ2v) is 3.91. The molecule has 0 saturated heterocycles. The molecule has 102 valence electrons. The number of hydrogen-bond donors (Lipinski definition) is 1. The van der Waals surface area contributed by atoms with Crippen molar-refractivity contribution in [2.24, 2.45) is 0 Å². The van der Waals surface area contributed by atoms with Gasteiger partial charge in [0, 0.05) is 12.3 Å². The van der Waals surface area contributed by atoms with Gasteiger partial charge in [0.2, 0.25) is 0 Å². The number of carbonyl (C=O) groups excluding carboxylic acids is 1. The number of nitriles is 1. The molecule has 0 bridgehead atoms. The van der Waals surface area contributed by atoms with Crippen LogP contribution in [0.2, 0.25) is 0 Å². The minimum Gasteiger partial charge on any atom is -0.464 e. The minimum absolute atomic E-state index is 0.00932. The molecule has 0 aliphatic heterocycles. The van der Waals surface area contributed by atoms with Crippen molar-refractivity contribution in [2.45, 2.75) is 0 Å². The van der Waals surface area contributed by atoms with E-state index in [-0.39, 0.29) is 22.6 Å². The summed E-state index contributed by atoms with van der Waals surface area (Å²) in [6.07, 6.45) is 1.22. The Morgan fingerprint density at radius 2 is 1.95 bits per heavy atom. The third-order valence-electron chi connectivity index (χ3n) is 2.67. The summed E-state index contributed by atoms with van der Waals surface area (Å²) >= 11 is 0. The molecule has 2 N–H and O–H groups in total. The van der Waals surface area contributed by atoms with E-state index in [4.69, 9.17) is 11.0 Å². The van der Waals surface area contributed by atoms with Crippen molar-refractivity contribution < 1.29 is 18.3 Å². The van der Waals surface area contributed by atoms with Crippen molar-refractivity contribution in [3.05, 3.63) is 47.3 Å². The summed E-state index contributed by atoms with van der Waals surface area (Å²) in [4.78, 5) is 11.7. The lowest BCUT2D eigenvalue weighted by Gasteiger charge is -2.08. The van der Waals surface area contributed by atoms with Gasteiger partial charge < -0.3 is 15.0 Å². The maximum Gasteiger partial charge on any atom is 0.357 e. The van der Waals surface area contributed by atoms with Gasteiger partial charge in [-0.05, 0) is 12.1 Å². The number of hydrogen-bond acceptors (Lipinski definition) is 4. The average Bonchev–Trinajstić information content (AvgIpc) is 2.73. The Hall–Kier alpha value is -2.88. The van der Waals surface area contributed by atoms with Gasteiger partial charge in [-0.1, -0.05) is 0 Å². The molecule has 1 aromatic heterocycles. The van der Waals surface area contributed by atoms with Crippen molar-refractivity contribution in [1.82, 2.24) is 4.57 Å². The van der Waals surface area contributed by atoms with Crippen LogP contribution in [0, 0.1) is 23.0 Å². The number of nitrogens with two attached hydrogens (primary N) is 1. The number of nitrogens with zero attached hydrogens (tertiary/aromatic N) is 2. The Morgan fingerprint density at radius 3 is 2.45 bits per heavy atom. The van der Waals surface area contributed by atoms with E-state index >= 15 is 0 Å². The maximum atomic E-state index is 13.3. The molecule has 20 heavy (non-hydrogen) atoms. The SMILES string of the molecule is COC(=O)c1c(N)c(C#N)cn1-c1cc(F)cc(F)c1. The van der Waals surface area contributed by atoms with Crippen molar-refractivity contribution in [1.29, 1.82) is 5.26 Å². The number of benzene rings is 1. The molecule has 5 nitrogen and oxygen atoms in total. The molecule has 0 saturated carbocycles. The molecular formula is C13H9F2N3O2. The number of nitrogen functional groups attached to an aromatic ring is 1. The second kappa shape index (κ2) is 5.01. The van der Waals surface area contributed by atoms with Crippen LogP contribution in [0.3, 0.4) is 0 Å². The van der Waals surface area contributed by atoms with Crippen molar-refractivity contribution >= 4 is 11.7 Å². The molecule has 0 spiro atoms. The summed E-state index contributed by atoms with van der Waals surface area (Å²) in [5, 5.41) is 8.92. The van der Waals surface area contributed by atoms with Crippen molar-refractivity contribution in [2.75, 3.05) is 12.8 Å². The van der Waals surface area contributed by atoms with Gasteiger partial charge in [0.1, 0.15) is 17.7 Å². The number of halogens is 2. The largest absolute Gasteiger partial charge is 0.464 e. The second-order valence-electron chi connectivity index (χ2n) is 3.91. The van der Waals surface area contributed by atoms with Crippen LogP contribution >= 0.6 is 0 Å². The zero-order valence-electron chi connectivity index (χ0n) is 10.4. The summed E-state index contributed by atoms with van der Waals surface area (Å²) in [5.41, 5.74) is 5.44. The Kier molecular flexibility index (Phi) is 3.39. The fourth-order valence-corrected chi connectivity index (χ4v) is 1.80. The lowest BCUT2D eigenvalue weighted by atomic mass is 10.2. The number of rotatable bonds is 2. The number of carbonyl (C=O) groups is 1. The molecule has 0 radical (unpaired) electrons. The summed E-state index contributed by atoms with van der Waals surface area (Å²) in [6.45, 7) is 0. The topological polar surface area (TPSA) is 81.0 Å². The highest BCUT2D eigenvalue weighted by molar-refractivity contribution is 5.95. The van der Waals surface area contributed by atoms with Gasteiger partial charge in [-0.2, -0.15) is 5.26 Å². The van der Waals surface area contributed by atoms with Gasteiger partial charge >= 0.3 is 5.97 Å². The van der Waals surface area contributed by atoms with Gasteiger partial charge in [0.15, 0.2) is 5.69 Å². The van der Waals surface area contributed by atoms with E-state index in [1.165, 1.54) is 6.20 Å². The van der Waals surface area contributed by atoms with Crippen molar-refractivity contribution in [3.8, 4) is 11.8 Å². The van der Waals surface area contributed by atoms with E-state index < -0.39 is 17.6 Å². The number of aromatic nitrogens is 1. The van der Waals surface area contributed by atoms with Gasteiger partial charge in [-0.25, -0.2) is 13.6 Å². The van der Waals surface area contributed by atoms with E-state index in [2.05, 4.69) is 4.74 Å². The first kappa shape index (κ1) is 13.5. The number of esters is 1. The molecule has 0 unspecified atom stereocenters. The molecule has 7 heteroatoms. The Labute approximate surface area is 112 Å². The molecule has 0 atom stereocenters. The van der Waals surface area contributed by atoms with Crippen molar-refractivity contribution in [3.63, 3.8) is 0 Å². The van der Waals surface area contributed by atoms with Crippen LogP contribution in [0.1, 0.15) is 16.1 Å². The quantitative estimate of drug-likeness (QED) is 0.851. The lowest BCUT2D eigenvalue weighted by molar-refractivity contribution is 0.0593. The monoisotopic (exact) mass is 277 g/mol. The highest BCUT2D eigenvalue weighted by atomic mass is 19.1. The smallest absolute Gasteiger partial charge is 0.357 e. The summed E-state index contributed by atoms with van der Waals surface area (Å²) in [6, 6.07) is 4.51. The van der Waals surface area contributed by atoms with E-state index in [1.807, 2.05) is 0 Å². The first-order valence-electron chi connectivity index (χ1n) is 5.43. The predicted octanol–water partition coefficient (Wildman–Crippen LogP) is 2.00. The predicted molar refractivity (Wildman–Crippen MR) is 66.2 cm³/mol. The summed E-state index contributed by atoms with van der Waals surface area (Å²) in [5.74, 6) is -2.45. The molecule has 0 aliphatic rings. The van der Waals surface area contributed by atoms with Crippen LogP contribution < -0.4 is 5.73 Å². The van der Waals surface area contributed by atoms with Crippen LogP contribution in [0.4, 0.5) is 14.5 Å². The van der Waals surface area contributed by atoms with E-state index in [1.54, 1.807) is 6.07 Å². The van der Waals surface area contributed by atoms with Gasteiger partial charge in [0.05, 0.1) is 24.0 Å². The normalized spacial score (nSPS) is 10.1. The minimum atomic E-state index is -0.818. The third kappa shape index (κ3) is 2.19. The molecule has 2 aromatic rings. The highest BCUT2D eigenvalue weighted by Crippen LogP contribution is 2.25. The average molecular weight is 277 g/mol. The number of anilines is 1. The zero-order valence-corrected chi connectivity index (χ0v) is 10.4. The van der Waals surface area contributed by atoms with E-state index in [0.717, 1.165) is 23.8 Å². The maximum absolute atomic E-state index is 13.3. The highest BCUT2D eigenvalue weighted by Gasteiger charge is 2.22. The number of ether oxygens (including phenoxy) is 1. The molecule has 1 aromatic carbocycles. The fourth-order valence-electron chi connectivity index (χ4n) is 1.80. The third-order valence-corrected chi connectivity index (χ3v) is 2.67. The Bertz CT molecular complexity index is 712. The van der Waals surface area contributed by atoms with Crippen LogP contribution in [0.25, 0.3) is 5.69 Å². The molecular weight excluding hydrogens is 268 g/mol.